The first kappa shape index (κ1) is 62.9. The van der Waals surface area contributed by atoms with Gasteiger partial charge in [0, 0.05) is 68.7 Å². The Morgan fingerprint density at radius 2 is 0.947 bits per heavy atom. The molecular weight excluding hydrogens is 1140 g/mol. The van der Waals surface area contributed by atoms with E-state index >= 15 is 0 Å². The SMILES string of the molecule is CCCCCCCC1(CCCCCCC)c2ccccc2-c2c3c(c4c(c21)C(CCCCCCC)(CCCCCCC)c1cc(N(c2ccncc2)c2ccc5c(c2)C(C)(C)c2cc6c(cc2-5)C(C)(C)c2ccc5c(c2-6)C2=CC=CCC2O5)ccc1-4)-c1ccccc1CC3. The number of allylic oxidation sites excluding steroid dienone is 2. The van der Waals surface area contributed by atoms with Crippen molar-refractivity contribution < 1.29 is 4.74 Å². The quantitative estimate of drug-likeness (QED) is 0.0480. The molecule has 1 atom stereocenters. The smallest absolute Gasteiger partial charge is 0.128 e. The highest BCUT2D eigenvalue weighted by Gasteiger charge is 2.55. The van der Waals surface area contributed by atoms with Gasteiger partial charge in [-0.3, -0.25) is 4.98 Å². The number of aromatic nitrogens is 1. The molecule has 0 saturated carbocycles. The zero-order chi connectivity index (χ0) is 64.3. The first-order chi connectivity index (χ1) is 46.0. The van der Waals surface area contributed by atoms with Crippen LogP contribution in [-0.4, -0.2) is 11.1 Å². The summed E-state index contributed by atoms with van der Waals surface area (Å²) < 4.78 is 6.71. The molecule has 0 saturated heterocycles. The molecule has 2 heterocycles. The van der Waals surface area contributed by atoms with E-state index in [4.69, 9.17) is 9.72 Å². The molecule has 1 aromatic heterocycles. The molecule has 0 N–H and O–H groups in total. The van der Waals surface area contributed by atoms with Gasteiger partial charge >= 0.3 is 0 Å². The second kappa shape index (κ2) is 25.7. The van der Waals surface area contributed by atoms with Crippen LogP contribution in [0.1, 0.15) is 277 Å². The van der Waals surface area contributed by atoms with Gasteiger partial charge in [0.25, 0.3) is 0 Å². The highest BCUT2D eigenvalue weighted by molar-refractivity contribution is 6.05. The van der Waals surface area contributed by atoms with E-state index in [2.05, 4.69) is 200 Å². The fraction of sp³-hybridized carbons (Fsp3) is 0.440. The molecule has 15 rings (SSSR count). The van der Waals surface area contributed by atoms with E-state index < -0.39 is 0 Å². The van der Waals surface area contributed by atoms with Crippen LogP contribution in [0.3, 0.4) is 0 Å². The fourth-order valence-electron chi connectivity index (χ4n) is 19.8. The zero-order valence-corrected chi connectivity index (χ0v) is 58.4. The third-order valence-corrected chi connectivity index (χ3v) is 24.5. The van der Waals surface area contributed by atoms with Gasteiger partial charge < -0.3 is 9.64 Å². The second-order valence-electron chi connectivity index (χ2n) is 30.8. The molecule has 6 aliphatic carbocycles. The number of pyridine rings is 1. The van der Waals surface area contributed by atoms with Crippen LogP contribution in [0.5, 0.6) is 5.75 Å². The van der Waals surface area contributed by atoms with Crippen molar-refractivity contribution >= 4 is 22.6 Å². The maximum atomic E-state index is 6.71. The third kappa shape index (κ3) is 10.2. The average Bonchev–Trinajstić information content (AvgIpc) is 1.50. The van der Waals surface area contributed by atoms with Crippen molar-refractivity contribution in [2.24, 2.45) is 0 Å². The summed E-state index contributed by atoms with van der Waals surface area (Å²) in [5, 5.41) is 0. The Morgan fingerprint density at radius 1 is 0.415 bits per heavy atom. The van der Waals surface area contributed by atoms with E-state index in [0.717, 1.165) is 30.7 Å². The Balaban J connectivity index is 0.937. The number of rotatable bonds is 27. The molecule has 0 fully saturated rings. The summed E-state index contributed by atoms with van der Waals surface area (Å²) in [4.78, 5) is 7.31. The van der Waals surface area contributed by atoms with E-state index in [0.29, 0.717) is 0 Å². The number of ether oxygens (including phenoxy) is 1. The highest BCUT2D eigenvalue weighted by Crippen LogP contribution is 2.69. The molecule has 0 spiro atoms. The summed E-state index contributed by atoms with van der Waals surface area (Å²) in [6.07, 6.45) is 44.7. The molecule has 8 aromatic rings. The van der Waals surface area contributed by atoms with Crippen LogP contribution in [0.4, 0.5) is 17.1 Å². The van der Waals surface area contributed by atoms with Crippen LogP contribution >= 0.6 is 0 Å². The van der Waals surface area contributed by atoms with Gasteiger partial charge in [-0.2, -0.15) is 0 Å². The lowest BCUT2D eigenvalue weighted by atomic mass is 9.61. The molecule has 1 aliphatic heterocycles. The number of aryl methyl sites for hydroxylation is 1. The highest BCUT2D eigenvalue weighted by atomic mass is 16.5. The van der Waals surface area contributed by atoms with E-state index in [1.165, 1.54) is 238 Å². The Morgan fingerprint density at radius 3 is 1.61 bits per heavy atom. The maximum Gasteiger partial charge on any atom is 0.128 e. The second-order valence-corrected chi connectivity index (χ2v) is 30.8. The monoisotopic (exact) mass is 1240 g/mol. The molecule has 7 aromatic carbocycles. The zero-order valence-electron chi connectivity index (χ0n) is 58.4. The maximum absolute atomic E-state index is 6.71. The standard InChI is InChI=1S/C91H104N2O/c1-9-13-17-21-31-51-90(52-32-22-18-14-10-2)73-39-29-27-37-67(73)82-70-44-41-61-35-25-26-36-65(61)81(70)85-68-46-43-64(58-78(68)91(87(85)86(82)90,53-33-23-19-15-11-3)54-34-24-20-16-12-4)93(62-49-55-92-56-50-62)63-42-45-66-71-59-77-72(60-76(71)89(7,8)75(66)57-63)83-74(88(77,5)6)47-48-80-84(83)69-38-28-30-40-79(69)94-80/h25-30,35-39,42-43,45-50,55-60,79H,9-24,31-34,40-41,44,51-54H2,1-8H3. The summed E-state index contributed by atoms with van der Waals surface area (Å²) in [6.45, 7) is 19.4. The normalized spacial score (nSPS) is 17.3. The predicted octanol–water partition coefficient (Wildman–Crippen LogP) is 26.0. The number of anilines is 3. The van der Waals surface area contributed by atoms with Gasteiger partial charge in [0.1, 0.15) is 11.9 Å². The lowest BCUT2D eigenvalue weighted by molar-refractivity contribution is 0.279. The summed E-state index contributed by atoms with van der Waals surface area (Å²) in [6, 6.07) is 49.5. The van der Waals surface area contributed by atoms with Gasteiger partial charge in [0.05, 0.1) is 0 Å². The fourth-order valence-corrected chi connectivity index (χ4v) is 19.8. The van der Waals surface area contributed by atoms with Crippen LogP contribution in [0.2, 0.25) is 0 Å². The molecule has 7 aliphatic rings. The van der Waals surface area contributed by atoms with Crippen molar-refractivity contribution in [2.75, 3.05) is 4.90 Å². The first-order valence-corrected chi connectivity index (χ1v) is 37.8. The summed E-state index contributed by atoms with van der Waals surface area (Å²) in [7, 11) is 0. The summed E-state index contributed by atoms with van der Waals surface area (Å²) in [5.41, 5.74) is 36.0. The number of hydrogen-bond donors (Lipinski definition) is 0. The minimum atomic E-state index is -0.257. The molecule has 3 nitrogen and oxygen atoms in total. The number of unbranched alkanes of at least 4 members (excludes halogenated alkanes) is 16. The van der Waals surface area contributed by atoms with E-state index in [-0.39, 0.29) is 27.8 Å². The lowest BCUT2D eigenvalue weighted by Gasteiger charge is -2.41. The summed E-state index contributed by atoms with van der Waals surface area (Å²) in [5.74, 6) is 1.03. The van der Waals surface area contributed by atoms with Crippen molar-refractivity contribution in [1.82, 2.24) is 4.98 Å². The topological polar surface area (TPSA) is 25.4 Å². The van der Waals surface area contributed by atoms with Gasteiger partial charge in [-0.15, -0.1) is 0 Å². The first-order valence-electron chi connectivity index (χ1n) is 37.8. The van der Waals surface area contributed by atoms with Crippen LogP contribution in [-0.2, 0) is 34.5 Å². The number of hydrogen-bond acceptors (Lipinski definition) is 3. The minimum absolute atomic E-state index is 0.0554. The molecule has 0 amide bonds. The van der Waals surface area contributed by atoms with Crippen molar-refractivity contribution in [3.05, 3.63) is 213 Å². The Bertz CT molecular complexity index is 4210. The number of nitrogens with zero attached hydrogens (tertiary/aromatic N) is 2. The van der Waals surface area contributed by atoms with Gasteiger partial charge in [0.2, 0.25) is 0 Å². The predicted molar refractivity (Wildman–Crippen MR) is 399 cm³/mol. The number of fused-ring (bicyclic) bond motifs is 22. The van der Waals surface area contributed by atoms with E-state index in [1.54, 1.807) is 50.1 Å². The van der Waals surface area contributed by atoms with Crippen molar-refractivity contribution in [2.45, 2.75) is 257 Å². The molecule has 484 valence electrons. The van der Waals surface area contributed by atoms with Crippen LogP contribution in [0.15, 0.2) is 152 Å². The van der Waals surface area contributed by atoms with Gasteiger partial charge in [-0.05, 0) is 204 Å². The van der Waals surface area contributed by atoms with Crippen LogP contribution < -0.4 is 9.64 Å². The molecule has 0 radical (unpaired) electrons. The summed E-state index contributed by atoms with van der Waals surface area (Å²) >= 11 is 0. The van der Waals surface area contributed by atoms with Crippen molar-refractivity contribution in [3.63, 3.8) is 0 Å². The van der Waals surface area contributed by atoms with Crippen molar-refractivity contribution in [1.29, 1.82) is 0 Å². The third-order valence-electron chi connectivity index (χ3n) is 24.5. The van der Waals surface area contributed by atoms with Crippen LogP contribution in [0, 0.1) is 0 Å². The van der Waals surface area contributed by atoms with Crippen LogP contribution in [0.25, 0.3) is 61.2 Å². The minimum Gasteiger partial charge on any atom is -0.485 e. The molecule has 3 heteroatoms. The van der Waals surface area contributed by atoms with Gasteiger partial charge in [0.15, 0.2) is 0 Å². The number of benzene rings is 7. The Kier molecular flexibility index (Phi) is 17.2. The van der Waals surface area contributed by atoms with E-state index in [1.807, 2.05) is 12.4 Å². The molecule has 0 bridgehead atoms. The Labute approximate surface area is 565 Å². The molecular formula is C91H104N2O. The largest absolute Gasteiger partial charge is 0.485 e. The average molecular weight is 1240 g/mol. The lowest BCUT2D eigenvalue weighted by Crippen LogP contribution is -2.33. The molecule has 94 heavy (non-hydrogen) atoms. The van der Waals surface area contributed by atoms with Gasteiger partial charge in [-0.25, -0.2) is 0 Å². The Hall–Kier alpha value is -7.23. The van der Waals surface area contributed by atoms with Gasteiger partial charge in [-0.1, -0.05) is 269 Å². The van der Waals surface area contributed by atoms with Crippen molar-refractivity contribution in [3.8, 4) is 61.4 Å². The van der Waals surface area contributed by atoms with E-state index in [9.17, 15) is 0 Å². The molecule has 1 unspecified atom stereocenters.